The standard InChI is InChI=1S/C24H30N2O5/c1-3-4-5-6-7-8-17-31-21-15-13-19(14-16-21)23(28)26-25-22(27)18-9-11-20(12-10-18)24(29)30-2/h9-16H,3-8,17H2,1-2H3,(H,25,27)(H,26,28). The number of nitrogens with one attached hydrogen (secondary N) is 2. The van der Waals surface area contributed by atoms with Gasteiger partial charge in [0, 0.05) is 11.1 Å². The number of benzene rings is 2. The molecule has 0 aromatic heterocycles. The summed E-state index contributed by atoms with van der Waals surface area (Å²) in [5, 5.41) is 0. The monoisotopic (exact) mass is 426 g/mol. The molecule has 2 rings (SSSR count). The van der Waals surface area contributed by atoms with Crippen molar-refractivity contribution in [3.8, 4) is 5.75 Å². The van der Waals surface area contributed by atoms with Crippen LogP contribution in [0.2, 0.25) is 0 Å². The van der Waals surface area contributed by atoms with Gasteiger partial charge in [0.15, 0.2) is 0 Å². The average molecular weight is 427 g/mol. The van der Waals surface area contributed by atoms with E-state index >= 15 is 0 Å². The number of amides is 2. The topological polar surface area (TPSA) is 93.7 Å². The van der Waals surface area contributed by atoms with Gasteiger partial charge in [-0.3, -0.25) is 20.4 Å². The smallest absolute Gasteiger partial charge is 0.337 e. The van der Waals surface area contributed by atoms with Crippen LogP contribution >= 0.6 is 0 Å². The van der Waals surface area contributed by atoms with Crippen LogP contribution in [0.3, 0.4) is 0 Å². The second-order valence-corrected chi connectivity index (χ2v) is 7.12. The van der Waals surface area contributed by atoms with Gasteiger partial charge < -0.3 is 9.47 Å². The first-order chi connectivity index (χ1) is 15.0. The third kappa shape index (κ3) is 8.12. The maximum atomic E-state index is 12.2. The molecule has 7 nitrogen and oxygen atoms in total. The lowest BCUT2D eigenvalue weighted by atomic mass is 10.1. The number of carbonyl (C=O) groups excluding carboxylic acids is 3. The lowest BCUT2D eigenvalue weighted by molar-refractivity contribution is 0.0600. The van der Waals surface area contributed by atoms with Crippen LogP contribution in [0.15, 0.2) is 48.5 Å². The molecule has 0 fully saturated rings. The van der Waals surface area contributed by atoms with Crippen molar-refractivity contribution in [2.45, 2.75) is 45.4 Å². The van der Waals surface area contributed by atoms with Crippen molar-refractivity contribution in [1.82, 2.24) is 10.9 Å². The summed E-state index contributed by atoms with van der Waals surface area (Å²) >= 11 is 0. The van der Waals surface area contributed by atoms with Crippen LogP contribution in [0, 0.1) is 0 Å². The van der Waals surface area contributed by atoms with Crippen LogP contribution in [0.25, 0.3) is 0 Å². The van der Waals surface area contributed by atoms with Crippen molar-refractivity contribution < 1.29 is 23.9 Å². The number of hydrogen-bond acceptors (Lipinski definition) is 5. The summed E-state index contributed by atoms with van der Waals surface area (Å²) in [7, 11) is 1.28. The summed E-state index contributed by atoms with van der Waals surface area (Å²) in [5.74, 6) is -0.717. The van der Waals surface area contributed by atoms with Crippen LogP contribution in [0.1, 0.15) is 76.5 Å². The zero-order chi connectivity index (χ0) is 22.5. The van der Waals surface area contributed by atoms with Gasteiger partial charge in [-0.15, -0.1) is 0 Å². The van der Waals surface area contributed by atoms with Gasteiger partial charge in [-0.1, -0.05) is 39.0 Å². The SMILES string of the molecule is CCCCCCCCOc1ccc(C(=O)NNC(=O)c2ccc(C(=O)OC)cc2)cc1. The molecular formula is C24H30N2O5. The van der Waals surface area contributed by atoms with Crippen LogP contribution in [0.5, 0.6) is 5.75 Å². The maximum Gasteiger partial charge on any atom is 0.337 e. The lowest BCUT2D eigenvalue weighted by Crippen LogP contribution is -2.41. The fraction of sp³-hybridized carbons (Fsp3) is 0.375. The number of hydrazine groups is 1. The Morgan fingerprint density at radius 2 is 1.19 bits per heavy atom. The molecule has 0 radical (unpaired) electrons. The molecule has 0 aliphatic carbocycles. The third-order valence-corrected chi connectivity index (χ3v) is 4.74. The summed E-state index contributed by atoms with van der Waals surface area (Å²) in [6, 6.07) is 12.7. The summed E-state index contributed by atoms with van der Waals surface area (Å²) in [6.07, 6.45) is 7.20. The normalized spacial score (nSPS) is 10.3. The number of hydrogen-bond donors (Lipinski definition) is 2. The zero-order valence-corrected chi connectivity index (χ0v) is 18.1. The first kappa shape index (κ1) is 23.9. The largest absolute Gasteiger partial charge is 0.494 e. The third-order valence-electron chi connectivity index (χ3n) is 4.74. The van der Waals surface area contributed by atoms with E-state index in [0.717, 1.165) is 12.8 Å². The van der Waals surface area contributed by atoms with Gasteiger partial charge in [0.05, 0.1) is 19.3 Å². The van der Waals surface area contributed by atoms with E-state index in [0.29, 0.717) is 29.0 Å². The molecule has 31 heavy (non-hydrogen) atoms. The molecule has 0 heterocycles. The highest BCUT2D eigenvalue weighted by Crippen LogP contribution is 2.13. The highest BCUT2D eigenvalue weighted by atomic mass is 16.5. The fourth-order valence-corrected chi connectivity index (χ4v) is 2.91. The van der Waals surface area contributed by atoms with Gasteiger partial charge in [0.25, 0.3) is 11.8 Å². The van der Waals surface area contributed by atoms with E-state index in [9.17, 15) is 14.4 Å². The molecule has 2 N–H and O–H groups in total. The highest BCUT2D eigenvalue weighted by molar-refractivity contribution is 5.99. The minimum absolute atomic E-state index is 0.298. The Labute approximate surface area is 183 Å². The second kappa shape index (κ2) is 13.1. The molecule has 0 atom stereocenters. The van der Waals surface area contributed by atoms with E-state index < -0.39 is 17.8 Å². The van der Waals surface area contributed by atoms with Crippen molar-refractivity contribution in [2.75, 3.05) is 13.7 Å². The van der Waals surface area contributed by atoms with Gasteiger partial charge in [0.2, 0.25) is 0 Å². The Bertz CT molecular complexity index is 847. The highest BCUT2D eigenvalue weighted by Gasteiger charge is 2.11. The minimum atomic E-state index is -0.497. The summed E-state index contributed by atoms with van der Waals surface area (Å²) in [4.78, 5) is 35.8. The van der Waals surface area contributed by atoms with Crippen molar-refractivity contribution in [2.24, 2.45) is 0 Å². The van der Waals surface area contributed by atoms with Crippen molar-refractivity contribution in [3.63, 3.8) is 0 Å². The zero-order valence-electron chi connectivity index (χ0n) is 18.1. The van der Waals surface area contributed by atoms with Gasteiger partial charge in [-0.2, -0.15) is 0 Å². The molecular weight excluding hydrogens is 396 g/mol. The summed E-state index contributed by atoms with van der Waals surface area (Å²) < 4.78 is 10.3. The Balaban J connectivity index is 1.74. The Morgan fingerprint density at radius 3 is 1.74 bits per heavy atom. The molecule has 0 aliphatic rings. The predicted octanol–water partition coefficient (Wildman–Crippen LogP) is 4.29. The molecule has 2 amide bonds. The number of unbranched alkanes of at least 4 members (excludes halogenated alkanes) is 5. The maximum absolute atomic E-state index is 12.2. The molecule has 2 aromatic carbocycles. The molecule has 0 saturated carbocycles. The first-order valence-electron chi connectivity index (χ1n) is 10.6. The number of methoxy groups -OCH3 is 1. The van der Waals surface area contributed by atoms with Gasteiger partial charge in [0.1, 0.15) is 5.75 Å². The molecule has 0 saturated heterocycles. The summed E-state index contributed by atoms with van der Waals surface area (Å²) in [6.45, 7) is 2.86. The number of ether oxygens (including phenoxy) is 2. The second-order valence-electron chi connectivity index (χ2n) is 7.12. The van der Waals surface area contributed by atoms with Gasteiger partial charge in [-0.05, 0) is 55.0 Å². The lowest BCUT2D eigenvalue weighted by Gasteiger charge is -2.09. The van der Waals surface area contributed by atoms with E-state index in [-0.39, 0.29) is 0 Å². The van der Waals surface area contributed by atoms with Gasteiger partial charge >= 0.3 is 5.97 Å². The average Bonchev–Trinajstić information content (AvgIpc) is 2.81. The first-order valence-corrected chi connectivity index (χ1v) is 10.6. The fourth-order valence-electron chi connectivity index (χ4n) is 2.91. The van der Waals surface area contributed by atoms with Gasteiger partial charge in [-0.25, -0.2) is 4.79 Å². The van der Waals surface area contributed by atoms with E-state index in [4.69, 9.17) is 4.74 Å². The Morgan fingerprint density at radius 1 is 0.710 bits per heavy atom. The van der Waals surface area contributed by atoms with E-state index in [1.807, 2.05) is 0 Å². The molecule has 0 aliphatic heterocycles. The Hall–Kier alpha value is -3.35. The summed E-state index contributed by atoms with van der Waals surface area (Å²) in [5.41, 5.74) is 5.75. The van der Waals surface area contributed by atoms with E-state index in [1.54, 1.807) is 24.3 Å². The minimum Gasteiger partial charge on any atom is -0.494 e. The van der Waals surface area contributed by atoms with Crippen LogP contribution in [0.4, 0.5) is 0 Å². The molecule has 0 bridgehead atoms. The predicted molar refractivity (Wildman–Crippen MR) is 118 cm³/mol. The van der Waals surface area contributed by atoms with Crippen LogP contribution in [-0.2, 0) is 4.74 Å². The molecule has 7 heteroatoms. The van der Waals surface area contributed by atoms with Crippen molar-refractivity contribution in [3.05, 3.63) is 65.2 Å². The van der Waals surface area contributed by atoms with Crippen molar-refractivity contribution >= 4 is 17.8 Å². The molecule has 0 unspecified atom stereocenters. The number of rotatable bonds is 11. The number of carbonyl (C=O) groups is 3. The Kier molecular flexibility index (Phi) is 10.1. The van der Waals surface area contributed by atoms with Crippen LogP contribution < -0.4 is 15.6 Å². The molecule has 0 spiro atoms. The van der Waals surface area contributed by atoms with E-state index in [1.165, 1.54) is 57.1 Å². The van der Waals surface area contributed by atoms with E-state index in [2.05, 4.69) is 22.5 Å². The number of esters is 1. The quantitative estimate of drug-likeness (QED) is 0.318. The molecule has 2 aromatic rings. The van der Waals surface area contributed by atoms with Crippen molar-refractivity contribution in [1.29, 1.82) is 0 Å². The molecule has 166 valence electrons. The van der Waals surface area contributed by atoms with Crippen LogP contribution in [-0.4, -0.2) is 31.5 Å².